The first kappa shape index (κ1) is 24.3. The summed E-state index contributed by atoms with van der Waals surface area (Å²) in [5.74, 6) is 0.723. The molecule has 154 valence electrons. The molecule has 0 aliphatic carbocycles. The van der Waals surface area contributed by atoms with E-state index >= 15 is 0 Å². The van der Waals surface area contributed by atoms with Gasteiger partial charge in [-0.05, 0) is 37.2 Å². The molecule has 0 amide bonds. The van der Waals surface area contributed by atoms with Gasteiger partial charge in [0.05, 0.1) is 12.3 Å². The van der Waals surface area contributed by atoms with E-state index in [9.17, 15) is 8.42 Å². The highest BCUT2D eigenvalue weighted by Crippen LogP contribution is 2.08. The van der Waals surface area contributed by atoms with Crippen molar-refractivity contribution in [3.8, 4) is 0 Å². The van der Waals surface area contributed by atoms with E-state index in [-0.39, 0.29) is 29.7 Å². The van der Waals surface area contributed by atoms with Crippen molar-refractivity contribution in [1.29, 1.82) is 0 Å². The van der Waals surface area contributed by atoms with Gasteiger partial charge in [-0.25, -0.2) is 18.1 Å². The van der Waals surface area contributed by atoms with Crippen LogP contribution in [0.3, 0.4) is 0 Å². The fraction of sp³-hybridized carbons (Fsp3) is 0.368. The van der Waals surface area contributed by atoms with Crippen LogP contribution in [0.15, 0.2) is 53.7 Å². The summed E-state index contributed by atoms with van der Waals surface area (Å²) in [5, 5.41) is 6.52. The van der Waals surface area contributed by atoms with E-state index in [1.807, 2.05) is 49.4 Å². The molecule has 1 aromatic heterocycles. The molecule has 0 saturated carbocycles. The van der Waals surface area contributed by atoms with Crippen LogP contribution < -0.4 is 15.4 Å². The van der Waals surface area contributed by atoms with E-state index in [2.05, 4.69) is 25.3 Å². The van der Waals surface area contributed by atoms with Crippen molar-refractivity contribution < 1.29 is 8.42 Å². The first-order valence-electron chi connectivity index (χ1n) is 8.93. The molecule has 3 N–H and O–H groups in total. The molecular weight excluding hydrogens is 489 g/mol. The third-order valence-corrected chi connectivity index (χ3v) is 5.19. The first-order chi connectivity index (χ1) is 13.0. The van der Waals surface area contributed by atoms with Gasteiger partial charge in [0, 0.05) is 31.4 Å². The number of halogens is 1. The summed E-state index contributed by atoms with van der Waals surface area (Å²) in [6.07, 6.45) is 2.61. The molecule has 0 saturated heterocycles. The average molecular weight is 517 g/mol. The van der Waals surface area contributed by atoms with Crippen molar-refractivity contribution in [2.24, 2.45) is 4.99 Å². The standard InChI is InChI=1S/C19H27N5O2S.HI/c1-3-21-19(23-13-11-18-6-4-5-12-22-18)24-14-16-7-9-17(10-8-16)15-27(25,26)20-2;/h4-10,12,20H,3,11,13-15H2,1-2H3,(H2,21,23,24);1H. The Morgan fingerprint density at radius 3 is 2.39 bits per heavy atom. The minimum atomic E-state index is -3.25. The fourth-order valence-electron chi connectivity index (χ4n) is 2.40. The molecule has 2 aromatic rings. The lowest BCUT2D eigenvalue weighted by Crippen LogP contribution is -2.38. The molecule has 0 bridgehead atoms. The van der Waals surface area contributed by atoms with Gasteiger partial charge in [0.15, 0.2) is 5.96 Å². The Kier molecular flexibility index (Phi) is 11.0. The summed E-state index contributed by atoms with van der Waals surface area (Å²) in [4.78, 5) is 8.89. The number of hydrogen-bond acceptors (Lipinski definition) is 4. The van der Waals surface area contributed by atoms with Crippen LogP contribution in [-0.4, -0.2) is 39.5 Å². The summed E-state index contributed by atoms with van der Waals surface area (Å²) in [6.45, 7) is 4.05. The number of benzene rings is 1. The maximum absolute atomic E-state index is 11.6. The topological polar surface area (TPSA) is 95.5 Å². The summed E-state index contributed by atoms with van der Waals surface area (Å²) >= 11 is 0. The van der Waals surface area contributed by atoms with Crippen LogP contribution in [0, 0.1) is 0 Å². The number of hydrogen-bond donors (Lipinski definition) is 3. The highest BCUT2D eigenvalue weighted by molar-refractivity contribution is 14.0. The van der Waals surface area contributed by atoms with E-state index in [0.29, 0.717) is 6.54 Å². The van der Waals surface area contributed by atoms with Crippen LogP contribution >= 0.6 is 24.0 Å². The number of sulfonamides is 1. The van der Waals surface area contributed by atoms with Crippen molar-refractivity contribution in [2.45, 2.75) is 25.6 Å². The monoisotopic (exact) mass is 517 g/mol. The Bertz CT molecular complexity index is 827. The minimum absolute atomic E-state index is 0. The van der Waals surface area contributed by atoms with Crippen molar-refractivity contribution >= 4 is 40.0 Å². The largest absolute Gasteiger partial charge is 0.357 e. The number of aromatic nitrogens is 1. The molecule has 0 aliphatic heterocycles. The van der Waals surface area contributed by atoms with Gasteiger partial charge in [-0.15, -0.1) is 24.0 Å². The first-order valence-corrected chi connectivity index (χ1v) is 10.6. The van der Waals surface area contributed by atoms with Gasteiger partial charge >= 0.3 is 0 Å². The normalized spacial score (nSPS) is 11.6. The maximum atomic E-state index is 11.6. The van der Waals surface area contributed by atoms with Gasteiger partial charge in [0.2, 0.25) is 10.0 Å². The molecule has 7 nitrogen and oxygen atoms in total. The van der Waals surface area contributed by atoms with E-state index in [0.717, 1.165) is 42.3 Å². The molecule has 0 atom stereocenters. The quantitative estimate of drug-likeness (QED) is 0.269. The zero-order valence-corrected chi connectivity index (χ0v) is 19.3. The zero-order valence-electron chi connectivity index (χ0n) is 16.2. The van der Waals surface area contributed by atoms with Gasteiger partial charge in [-0.1, -0.05) is 30.3 Å². The predicted octanol–water partition coefficient (Wildman–Crippen LogP) is 2.05. The van der Waals surface area contributed by atoms with Gasteiger partial charge < -0.3 is 10.6 Å². The molecule has 0 aliphatic rings. The van der Waals surface area contributed by atoms with Crippen molar-refractivity contribution in [3.63, 3.8) is 0 Å². The summed E-state index contributed by atoms with van der Waals surface area (Å²) in [7, 11) is -1.84. The summed E-state index contributed by atoms with van der Waals surface area (Å²) in [5.41, 5.74) is 2.80. The van der Waals surface area contributed by atoms with Crippen LogP contribution in [0.25, 0.3) is 0 Å². The van der Waals surface area contributed by atoms with Crippen LogP contribution in [0.4, 0.5) is 0 Å². The number of aliphatic imine (C=N–C) groups is 1. The molecule has 9 heteroatoms. The molecule has 0 radical (unpaired) electrons. The number of rotatable bonds is 9. The van der Waals surface area contributed by atoms with Crippen LogP contribution in [0.2, 0.25) is 0 Å². The van der Waals surface area contributed by atoms with Gasteiger partial charge in [-0.2, -0.15) is 0 Å². The van der Waals surface area contributed by atoms with Crippen molar-refractivity contribution in [2.75, 3.05) is 20.1 Å². The Morgan fingerprint density at radius 2 is 1.79 bits per heavy atom. The van der Waals surface area contributed by atoms with E-state index in [1.165, 1.54) is 7.05 Å². The Morgan fingerprint density at radius 1 is 1.07 bits per heavy atom. The van der Waals surface area contributed by atoms with Crippen molar-refractivity contribution in [3.05, 3.63) is 65.5 Å². The van der Waals surface area contributed by atoms with Crippen LogP contribution in [0.5, 0.6) is 0 Å². The molecular formula is C19H28IN5O2S. The molecule has 28 heavy (non-hydrogen) atoms. The Hall–Kier alpha value is -1.72. The molecule has 0 unspecified atom stereocenters. The number of pyridine rings is 1. The lowest BCUT2D eigenvalue weighted by molar-refractivity contribution is 0.587. The highest BCUT2D eigenvalue weighted by Gasteiger charge is 2.08. The van der Waals surface area contributed by atoms with Gasteiger partial charge in [0.25, 0.3) is 0 Å². The van der Waals surface area contributed by atoms with E-state index in [4.69, 9.17) is 0 Å². The third kappa shape index (κ3) is 8.98. The summed E-state index contributed by atoms with van der Waals surface area (Å²) in [6, 6.07) is 13.3. The molecule has 1 aromatic carbocycles. The van der Waals surface area contributed by atoms with Crippen molar-refractivity contribution in [1.82, 2.24) is 20.3 Å². The number of nitrogens with one attached hydrogen (secondary N) is 3. The van der Waals surface area contributed by atoms with Crippen LogP contribution in [-0.2, 0) is 28.7 Å². The second-order valence-electron chi connectivity index (χ2n) is 5.97. The second kappa shape index (κ2) is 12.7. The lowest BCUT2D eigenvalue weighted by Gasteiger charge is -2.11. The SMILES string of the molecule is CCNC(=NCc1ccc(CS(=O)(=O)NC)cc1)NCCc1ccccn1.I. The second-order valence-corrected chi connectivity index (χ2v) is 7.90. The van der Waals surface area contributed by atoms with E-state index in [1.54, 1.807) is 6.20 Å². The highest BCUT2D eigenvalue weighted by atomic mass is 127. The molecule has 0 spiro atoms. The number of guanidine groups is 1. The summed E-state index contributed by atoms with van der Waals surface area (Å²) < 4.78 is 25.5. The zero-order chi connectivity index (χ0) is 19.5. The van der Waals surface area contributed by atoms with Gasteiger partial charge in [-0.3, -0.25) is 4.98 Å². The Balaban J connectivity index is 0.00000392. The molecule has 1 heterocycles. The molecule has 2 rings (SSSR count). The Labute approximate surface area is 184 Å². The predicted molar refractivity (Wildman–Crippen MR) is 124 cm³/mol. The smallest absolute Gasteiger partial charge is 0.215 e. The minimum Gasteiger partial charge on any atom is -0.357 e. The third-order valence-electron chi connectivity index (χ3n) is 3.85. The van der Waals surface area contributed by atoms with Gasteiger partial charge in [0.1, 0.15) is 0 Å². The average Bonchev–Trinajstić information content (AvgIpc) is 2.68. The maximum Gasteiger partial charge on any atom is 0.215 e. The fourth-order valence-corrected chi connectivity index (χ4v) is 3.18. The number of nitrogens with zero attached hydrogens (tertiary/aromatic N) is 2. The van der Waals surface area contributed by atoms with Crippen LogP contribution in [0.1, 0.15) is 23.7 Å². The lowest BCUT2D eigenvalue weighted by atomic mass is 10.1. The molecule has 0 fully saturated rings. The van der Waals surface area contributed by atoms with E-state index < -0.39 is 10.0 Å².